The van der Waals surface area contributed by atoms with Crippen LogP contribution < -0.4 is 11.1 Å². The Morgan fingerprint density at radius 3 is 2.67 bits per heavy atom. The van der Waals surface area contributed by atoms with E-state index in [0.717, 1.165) is 24.0 Å². The van der Waals surface area contributed by atoms with E-state index in [2.05, 4.69) is 33.4 Å². The van der Waals surface area contributed by atoms with Gasteiger partial charge in [-0.1, -0.05) is 34.8 Å². The fourth-order valence-corrected chi connectivity index (χ4v) is 1.85. The lowest BCUT2D eigenvalue weighted by Gasteiger charge is -2.06. The number of nitrogens with two attached hydrogens (primary N) is 1. The SMILES string of the molecule is NCCCCCCNc1cccc(Br)c1. The first-order valence-corrected chi connectivity index (χ1v) is 6.32. The molecule has 0 aliphatic carbocycles. The highest BCUT2D eigenvalue weighted by atomic mass is 79.9. The fraction of sp³-hybridized carbons (Fsp3) is 0.500. The highest BCUT2D eigenvalue weighted by Crippen LogP contribution is 2.15. The number of anilines is 1. The zero-order valence-electron chi connectivity index (χ0n) is 9.01. The molecule has 15 heavy (non-hydrogen) atoms. The van der Waals surface area contributed by atoms with Crippen LogP contribution in [0.25, 0.3) is 0 Å². The summed E-state index contributed by atoms with van der Waals surface area (Å²) in [4.78, 5) is 0. The first kappa shape index (κ1) is 12.5. The number of halogens is 1. The summed E-state index contributed by atoms with van der Waals surface area (Å²) in [6.45, 7) is 1.86. The molecule has 0 aliphatic heterocycles. The Kier molecular flexibility index (Phi) is 6.44. The first-order chi connectivity index (χ1) is 7.33. The van der Waals surface area contributed by atoms with Gasteiger partial charge in [-0.2, -0.15) is 0 Å². The average molecular weight is 271 g/mol. The largest absolute Gasteiger partial charge is 0.385 e. The second-order valence-electron chi connectivity index (χ2n) is 3.64. The Bertz CT molecular complexity index is 276. The minimum Gasteiger partial charge on any atom is -0.385 e. The van der Waals surface area contributed by atoms with Crippen molar-refractivity contribution >= 4 is 21.6 Å². The van der Waals surface area contributed by atoms with Crippen LogP contribution in [-0.2, 0) is 0 Å². The normalized spacial score (nSPS) is 10.3. The summed E-state index contributed by atoms with van der Waals surface area (Å²) in [5.41, 5.74) is 6.61. The summed E-state index contributed by atoms with van der Waals surface area (Å²) in [5, 5.41) is 3.40. The maximum Gasteiger partial charge on any atom is 0.0351 e. The minimum atomic E-state index is 0.819. The van der Waals surface area contributed by atoms with Gasteiger partial charge in [-0.25, -0.2) is 0 Å². The van der Waals surface area contributed by atoms with Crippen LogP contribution in [0.15, 0.2) is 28.7 Å². The van der Waals surface area contributed by atoms with Gasteiger partial charge in [-0.15, -0.1) is 0 Å². The number of hydrogen-bond donors (Lipinski definition) is 2. The van der Waals surface area contributed by atoms with Gasteiger partial charge in [0.1, 0.15) is 0 Å². The third-order valence-corrected chi connectivity index (χ3v) is 2.78. The molecule has 0 fully saturated rings. The molecule has 0 unspecified atom stereocenters. The lowest BCUT2D eigenvalue weighted by atomic mass is 10.2. The van der Waals surface area contributed by atoms with Crippen LogP contribution in [0.4, 0.5) is 5.69 Å². The molecule has 84 valence electrons. The highest BCUT2D eigenvalue weighted by molar-refractivity contribution is 9.10. The molecule has 2 nitrogen and oxygen atoms in total. The molecule has 0 saturated carbocycles. The first-order valence-electron chi connectivity index (χ1n) is 5.52. The number of hydrogen-bond acceptors (Lipinski definition) is 2. The van der Waals surface area contributed by atoms with Crippen molar-refractivity contribution in [2.24, 2.45) is 5.73 Å². The van der Waals surface area contributed by atoms with Crippen molar-refractivity contribution in [3.05, 3.63) is 28.7 Å². The van der Waals surface area contributed by atoms with Gasteiger partial charge in [0.25, 0.3) is 0 Å². The Hall–Kier alpha value is -0.540. The molecular formula is C12H19BrN2. The Balaban J connectivity index is 2.10. The van der Waals surface area contributed by atoms with Crippen LogP contribution in [0.5, 0.6) is 0 Å². The van der Waals surface area contributed by atoms with E-state index < -0.39 is 0 Å². The predicted molar refractivity (Wildman–Crippen MR) is 70.2 cm³/mol. The average Bonchev–Trinajstić information content (AvgIpc) is 2.23. The number of rotatable bonds is 7. The predicted octanol–water partition coefficient (Wildman–Crippen LogP) is 3.38. The van der Waals surface area contributed by atoms with E-state index >= 15 is 0 Å². The molecule has 0 saturated heterocycles. The van der Waals surface area contributed by atoms with Crippen LogP contribution >= 0.6 is 15.9 Å². The Morgan fingerprint density at radius 2 is 1.93 bits per heavy atom. The smallest absolute Gasteiger partial charge is 0.0351 e. The highest BCUT2D eigenvalue weighted by Gasteiger charge is 1.92. The third-order valence-electron chi connectivity index (χ3n) is 2.28. The molecule has 1 rings (SSSR count). The topological polar surface area (TPSA) is 38.0 Å². The molecule has 1 aromatic carbocycles. The van der Waals surface area contributed by atoms with Crippen molar-refractivity contribution in [3.63, 3.8) is 0 Å². The van der Waals surface area contributed by atoms with Crippen molar-refractivity contribution in [1.29, 1.82) is 0 Å². The van der Waals surface area contributed by atoms with E-state index in [-0.39, 0.29) is 0 Å². The lowest BCUT2D eigenvalue weighted by molar-refractivity contribution is 0.661. The molecule has 0 radical (unpaired) electrons. The second-order valence-corrected chi connectivity index (χ2v) is 4.56. The summed E-state index contributed by atoms with van der Waals surface area (Å²) < 4.78 is 1.12. The molecule has 3 heteroatoms. The van der Waals surface area contributed by atoms with E-state index in [1.807, 2.05) is 12.1 Å². The van der Waals surface area contributed by atoms with Crippen molar-refractivity contribution in [1.82, 2.24) is 0 Å². The zero-order valence-corrected chi connectivity index (χ0v) is 10.6. The van der Waals surface area contributed by atoms with Crippen molar-refractivity contribution in [2.45, 2.75) is 25.7 Å². The van der Waals surface area contributed by atoms with Crippen molar-refractivity contribution in [2.75, 3.05) is 18.4 Å². The van der Waals surface area contributed by atoms with Gasteiger partial charge in [-0.05, 0) is 37.6 Å². The van der Waals surface area contributed by atoms with Gasteiger partial charge in [-0.3, -0.25) is 0 Å². The molecule has 3 N–H and O–H groups in total. The van der Waals surface area contributed by atoms with Crippen LogP contribution in [0.3, 0.4) is 0 Å². The third kappa shape index (κ3) is 5.80. The van der Waals surface area contributed by atoms with E-state index in [4.69, 9.17) is 5.73 Å². The number of nitrogens with one attached hydrogen (secondary N) is 1. The lowest BCUT2D eigenvalue weighted by Crippen LogP contribution is -2.02. The minimum absolute atomic E-state index is 0.819. The van der Waals surface area contributed by atoms with Gasteiger partial charge >= 0.3 is 0 Å². The van der Waals surface area contributed by atoms with Crippen molar-refractivity contribution < 1.29 is 0 Å². The summed E-state index contributed by atoms with van der Waals surface area (Å²) in [6.07, 6.45) is 4.87. The molecule has 0 heterocycles. The van der Waals surface area contributed by atoms with E-state index in [9.17, 15) is 0 Å². The molecule has 0 atom stereocenters. The van der Waals surface area contributed by atoms with E-state index in [1.54, 1.807) is 0 Å². The quantitative estimate of drug-likeness (QED) is 0.746. The van der Waals surface area contributed by atoms with Crippen LogP contribution in [0.1, 0.15) is 25.7 Å². The van der Waals surface area contributed by atoms with E-state index in [1.165, 1.54) is 24.9 Å². The molecule has 1 aromatic rings. The molecular weight excluding hydrogens is 252 g/mol. The van der Waals surface area contributed by atoms with Gasteiger partial charge in [0.2, 0.25) is 0 Å². The van der Waals surface area contributed by atoms with Crippen molar-refractivity contribution in [3.8, 4) is 0 Å². The van der Waals surface area contributed by atoms with Gasteiger partial charge in [0, 0.05) is 16.7 Å². The molecule has 0 bridgehead atoms. The summed E-state index contributed by atoms with van der Waals surface area (Å²) in [6, 6.07) is 8.26. The summed E-state index contributed by atoms with van der Waals surface area (Å²) in [7, 11) is 0. The second kappa shape index (κ2) is 7.71. The summed E-state index contributed by atoms with van der Waals surface area (Å²) >= 11 is 3.45. The standard InChI is InChI=1S/C12H19BrN2/c13-11-6-5-7-12(10-11)15-9-4-2-1-3-8-14/h5-7,10,15H,1-4,8-9,14H2. The van der Waals surface area contributed by atoms with Gasteiger partial charge < -0.3 is 11.1 Å². The van der Waals surface area contributed by atoms with Crippen LogP contribution in [0, 0.1) is 0 Å². The van der Waals surface area contributed by atoms with Crippen LogP contribution in [-0.4, -0.2) is 13.1 Å². The maximum absolute atomic E-state index is 5.43. The maximum atomic E-state index is 5.43. The molecule has 0 amide bonds. The Morgan fingerprint density at radius 1 is 1.13 bits per heavy atom. The molecule has 0 spiro atoms. The number of unbranched alkanes of at least 4 members (excludes halogenated alkanes) is 3. The number of benzene rings is 1. The van der Waals surface area contributed by atoms with E-state index in [0.29, 0.717) is 0 Å². The van der Waals surface area contributed by atoms with Gasteiger partial charge in [0.05, 0.1) is 0 Å². The Labute approximate surface area is 100 Å². The molecule has 0 aliphatic rings. The zero-order chi connectivity index (χ0) is 10.9. The molecule has 0 aromatic heterocycles. The monoisotopic (exact) mass is 270 g/mol. The van der Waals surface area contributed by atoms with Gasteiger partial charge in [0.15, 0.2) is 0 Å². The summed E-state index contributed by atoms with van der Waals surface area (Å²) in [5.74, 6) is 0. The fourth-order valence-electron chi connectivity index (χ4n) is 1.45. The van der Waals surface area contributed by atoms with Crippen LogP contribution in [0.2, 0.25) is 0 Å².